The number of methoxy groups -OCH3 is 2. The van der Waals surface area contributed by atoms with E-state index in [-0.39, 0.29) is 23.4 Å². The molecule has 0 bridgehead atoms. The highest BCUT2D eigenvalue weighted by atomic mass is 19.1. The van der Waals surface area contributed by atoms with Crippen LogP contribution in [0, 0.1) is 5.82 Å². The Morgan fingerprint density at radius 2 is 1.79 bits per heavy atom. The Hall–Kier alpha value is -3.72. The van der Waals surface area contributed by atoms with Gasteiger partial charge in [0.25, 0.3) is 11.7 Å². The zero-order valence-corrected chi connectivity index (χ0v) is 18.8. The fourth-order valence-electron chi connectivity index (χ4n) is 3.69. The quantitative estimate of drug-likeness (QED) is 0.296. The first-order valence-corrected chi connectivity index (χ1v) is 10.1. The van der Waals surface area contributed by atoms with Gasteiger partial charge in [0.1, 0.15) is 17.3 Å². The Balaban J connectivity index is 2.19. The molecule has 3 rings (SSSR count). The van der Waals surface area contributed by atoms with E-state index >= 15 is 0 Å². The normalized spacial score (nSPS) is 17.5. The van der Waals surface area contributed by atoms with Crippen LogP contribution in [0.3, 0.4) is 0 Å². The highest BCUT2D eigenvalue weighted by Crippen LogP contribution is 2.41. The highest BCUT2D eigenvalue weighted by Gasteiger charge is 2.46. The van der Waals surface area contributed by atoms with Crippen LogP contribution in [0.15, 0.2) is 48.0 Å². The molecule has 1 aliphatic rings. The SMILES string of the molecule is COC(=O)c1ccc([C@H]2/C(=C(\O)c3cc(F)ccc3OC)C(=O)C(=O)N2CCN(C)C)cc1. The van der Waals surface area contributed by atoms with E-state index in [1.807, 2.05) is 19.0 Å². The van der Waals surface area contributed by atoms with Crippen molar-refractivity contribution in [2.75, 3.05) is 41.4 Å². The standard InChI is InChI=1S/C24H25FN2O6/c1-26(2)11-12-27-20(14-5-7-15(8-6-14)24(31)33-4)19(22(29)23(27)30)21(28)17-13-16(25)9-10-18(17)32-3/h5-10,13,20,28H,11-12H2,1-4H3/b21-19+/t20-/m0/s1. The summed E-state index contributed by atoms with van der Waals surface area (Å²) in [6, 6.07) is 8.78. The van der Waals surface area contributed by atoms with Gasteiger partial charge in [-0.05, 0) is 50.0 Å². The first-order chi connectivity index (χ1) is 15.7. The Labute approximate surface area is 190 Å². The molecule has 0 spiro atoms. The summed E-state index contributed by atoms with van der Waals surface area (Å²) in [7, 11) is 6.27. The summed E-state index contributed by atoms with van der Waals surface area (Å²) >= 11 is 0. The molecule has 9 heteroatoms. The van der Waals surface area contributed by atoms with E-state index in [1.54, 1.807) is 12.1 Å². The summed E-state index contributed by atoms with van der Waals surface area (Å²) in [5.74, 6) is -3.24. The van der Waals surface area contributed by atoms with Gasteiger partial charge in [0, 0.05) is 13.1 Å². The molecule has 0 unspecified atom stereocenters. The lowest BCUT2D eigenvalue weighted by molar-refractivity contribution is -0.140. The highest BCUT2D eigenvalue weighted by molar-refractivity contribution is 6.46. The molecular weight excluding hydrogens is 431 g/mol. The van der Waals surface area contributed by atoms with Crippen molar-refractivity contribution in [3.8, 4) is 5.75 Å². The van der Waals surface area contributed by atoms with Gasteiger partial charge >= 0.3 is 5.97 Å². The number of hydrogen-bond acceptors (Lipinski definition) is 7. The number of Topliss-reactive ketones (excluding diaryl/α,β-unsaturated/α-hetero) is 1. The predicted octanol–water partition coefficient (Wildman–Crippen LogP) is 2.60. The molecule has 1 amide bonds. The fourth-order valence-corrected chi connectivity index (χ4v) is 3.69. The number of nitrogens with zero attached hydrogens (tertiary/aromatic N) is 2. The number of carbonyl (C=O) groups excluding carboxylic acids is 3. The molecule has 1 aliphatic heterocycles. The topological polar surface area (TPSA) is 96.4 Å². The molecule has 33 heavy (non-hydrogen) atoms. The Kier molecular flexibility index (Phi) is 7.13. The fraction of sp³-hybridized carbons (Fsp3) is 0.292. The van der Waals surface area contributed by atoms with Gasteiger partial charge in [-0.25, -0.2) is 9.18 Å². The van der Waals surface area contributed by atoms with E-state index in [1.165, 1.54) is 37.3 Å². The minimum Gasteiger partial charge on any atom is -0.507 e. The average Bonchev–Trinajstić information content (AvgIpc) is 3.06. The second-order valence-corrected chi connectivity index (χ2v) is 7.75. The number of hydrogen-bond donors (Lipinski definition) is 1. The third kappa shape index (κ3) is 4.73. The Morgan fingerprint density at radius 3 is 2.36 bits per heavy atom. The number of ketones is 1. The number of benzene rings is 2. The summed E-state index contributed by atoms with van der Waals surface area (Å²) in [5, 5.41) is 11.1. The molecule has 2 aromatic rings. The minimum atomic E-state index is -0.940. The molecule has 0 saturated carbocycles. The molecule has 2 aromatic carbocycles. The number of carbonyl (C=O) groups is 3. The number of amides is 1. The molecule has 8 nitrogen and oxygen atoms in total. The van der Waals surface area contributed by atoms with E-state index in [0.29, 0.717) is 17.7 Å². The van der Waals surface area contributed by atoms with E-state index < -0.39 is 35.3 Å². The van der Waals surface area contributed by atoms with Crippen LogP contribution in [0.4, 0.5) is 4.39 Å². The van der Waals surface area contributed by atoms with Gasteiger partial charge in [-0.1, -0.05) is 12.1 Å². The van der Waals surface area contributed by atoms with Crippen molar-refractivity contribution < 1.29 is 33.4 Å². The lowest BCUT2D eigenvalue weighted by Gasteiger charge is -2.26. The van der Waals surface area contributed by atoms with Gasteiger partial charge < -0.3 is 24.4 Å². The number of likely N-dealkylation sites (tertiary alicyclic amines) is 1. The zero-order chi connectivity index (χ0) is 24.3. The monoisotopic (exact) mass is 456 g/mol. The van der Waals surface area contributed by atoms with E-state index in [2.05, 4.69) is 0 Å². The molecule has 1 heterocycles. The van der Waals surface area contributed by atoms with E-state index in [9.17, 15) is 23.9 Å². The summed E-state index contributed by atoms with van der Waals surface area (Å²) in [4.78, 5) is 41.0. The van der Waals surface area contributed by atoms with Gasteiger partial charge in [0.15, 0.2) is 0 Å². The molecule has 174 valence electrons. The number of rotatable bonds is 7. The van der Waals surface area contributed by atoms with Gasteiger partial charge in [-0.3, -0.25) is 9.59 Å². The number of aliphatic hydroxyl groups excluding tert-OH is 1. The largest absolute Gasteiger partial charge is 0.507 e. The number of aliphatic hydroxyl groups is 1. The number of esters is 1. The smallest absolute Gasteiger partial charge is 0.337 e. The Bertz CT molecular complexity index is 1110. The molecule has 1 N–H and O–H groups in total. The van der Waals surface area contributed by atoms with Crippen LogP contribution in [-0.4, -0.2) is 74.0 Å². The molecule has 0 aliphatic carbocycles. The van der Waals surface area contributed by atoms with Crippen molar-refractivity contribution in [2.45, 2.75) is 6.04 Å². The number of likely N-dealkylation sites (N-methyl/N-ethyl adjacent to an activating group) is 1. The van der Waals surface area contributed by atoms with Crippen LogP contribution in [-0.2, 0) is 14.3 Å². The summed E-state index contributed by atoms with van der Waals surface area (Å²) in [6.07, 6.45) is 0. The van der Waals surface area contributed by atoms with Crippen LogP contribution in [0.5, 0.6) is 5.75 Å². The zero-order valence-electron chi connectivity index (χ0n) is 18.8. The van der Waals surface area contributed by atoms with E-state index in [0.717, 1.165) is 12.1 Å². The molecule has 0 aromatic heterocycles. The Morgan fingerprint density at radius 1 is 1.12 bits per heavy atom. The second-order valence-electron chi connectivity index (χ2n) is 7.75. The lowest BCUT2D eigenvalue weighted by atomic mass is 9.94. The maximum atomic E-state index is 14.0. The van der Waals surface area contributed by atoms with Crippen LogP contribution in [0.1, 0.15) is 27.5 Å². The molecule has 0 radical (unpaired) electrons. The number of ether oxygens (including phenoxy) is 2. The van der Waals surface area contributed by atoms with Gasteiger partial charge in [0.2, 0.25) is 0 Å². The van der Waals surface area contributed by atoms with Gasteiger partial charge in [0.05, 0.1) is 37.0 Å². The maximum absolute atomic E-state index is 14.0. The van der Waals surface area contributed by atoms with Crippen molar-refractivity contribution in [3.63, 3.8) is 0 Å². The summed E-state index contributed by atoms with van der Waals surface area (Å²) < 4.78 is 23.9. The first kappa shape index (κ1) is 23.9. The van der Waals surface area contributed by atoms with E-state index in [4.69, 9.17) is 9.47 Å². The van der Waals surface area contributed by atoms with Crippen molar-refractivity contribution in [2.24, 2.45) is 0 Å². The molecule has 1 saturated heterocycles. The van der Waals surface area contributed by atoms with Crippen LogP contribution in [0.2, 0.25) is 0 Å². The first-order valence-electron chi connectivity index (χ1n) is 10.1. The van der Waals surface area contributed by atoms with Gasteiger partial charge in [-0.2, -0.15) is 0 Å². The van der Waals surface area contributed by atoms with Crippen molar-refractivity contribution in [1.29, 1.82) is 0 Å². The molecular formula is C24H25FN2O6. The van der Waals surface area contributed by atoms with Crippen molar-refractivity contribution in [3.05, 3.63) is 70.5 Å². The maximum Gasteiger partial charge on any atom is 0.337 e. The van der Waals surface area contributed by atoms with Gasteiger partial charge in [-0.15, -0.1) is 0 Å². The van der Waals surface area contributed by atoms with Crippen LogP contribution < -0.4 is 4.74 Å². The van der Waals surface area contributed by atoms with Crippen molar-refractivity contribution >= 4 is 23.4 Å². The van der Waals surface area contributed by atoms with Crippen LogP contribution >= 0.6 is 0 Å². The third-order valence-corrected chi connectivity index (χ3v) is 5.39. The lowest BCUT2D eigenvalue weighted by Crippen LogP contribution is -2.35. The average molecular weight is 456 g/mol. The third-order valence-electron chi connectivity index (χ3n) is 5.39. The minimum absolute atomic E-state index is 0.0423. The predicted molar refractivity (Wildman–Crippen MR) is 118 cm³/mol. The number of halogens is 1. The second kappa shape index (κ2) is 9.83. The molecule has 1 atom stereocenters. The molecule has 1 fully saturated rings. The summed E-state index contributed by atoms with van der Waals surface area (Å²) in [5.41, 5.74) is 0.559. The summed E-state index contributed by atoms with van der Waals surface area (Å²) in [6.45, 7) is 0.672. The van der Waals surface area contributed by atoms with Crippen molar-refractivity contribution in [1.82, 2.24) is 9.80 Å². The van der Waals surface area contributed by atoms with Crippen LogP contribution in [0.25, 0.3) is 5.76 Å².